The predicted octanol–water partition coefficient (Wildman–Crippen LogP) is 6.82. The maximum atomic E-state index is 14.1. The molecule has 25 heavy (non-hydrogen) atoms. The van der Waals surface area contributed by atoms with Crippen LogP contribution in [-0.2, 0) is 0 Å². The molecule has 0 radical (unpaired) electrons. The topological polar surface area (TPSA) is 18.5 Å². The van der Waals surface area contributed by atoms with Gasteiger partial charge < -0.3 is 9.47 Å². The Bertz CT molecular complexity index is 854. The smallest absolute Gasteiger partial charge is 0.131 e. The van der Waals surface area contributed by atoms with Crippen LogP contribution in [0.1, 0.15) is 38.8 Å². The van der Waals surface area contributed by atoms with Gasteiger partial charge in [0, 0.05) is 16.2 Å². The minimum Gasteiger partial charge on any atom is -0.496 e. The minimum atomic E-state index is -0.222. The highest BCUT2D eigenvalue weighted by Gasteiger charge is 2.16. The largest absolute Gasteiger partial charge is 0.496 e. The third-order valence-electron chi connectivity index (χ3n) is 4.01. The number of halogens is 1. The Morgan fingerprint density at radius 2 is 1.44 bits per heavy atom. The number of benzene rings is 3. The van der Waals surface area contributed by atoms with Gasteiger partial charge in [-0.05, 0) is 48.6 Å². The lowest BCUT2D eigenvalue weighted by molar-refractivity contribution is 0.408. The summed E-state index contributed by atoms with van der Waals surface area (Å²) >= 11 is 0. The molecule has 0 bridgehead atoms. The van der Waals surface area contributed by atoms with E-state index >= 15 is 0 Å². The summed E-state index contributed by atoms with van der Waals surface area (Å²) in [5.41, 5.74) is 1.97. The summed E-state index contributed by atoms with van der Waals surface area (Å²) < 4.78 is 25.2. The fourth-order valence-corrected chi connectivity index (χ4v) is 3.04. The molecule has 0 aliphatic heterocycles. The van der Waals surface area contributed by atoms with Crippen LogP contribution in [0.5, 0.6) is 11.5 Å². The summed E-state index contributed by atoms with van der Waals surface area (Å²) in [6, 6.07) is 8.95. The summed E-state index contributed by atoms with van der Waals surface area (Å²) in [5, 5.41) is 3.35. The number of rotatable bonds is 2. The second-order valence-electron chi connectivity index (χ2n) is 5.19. The zero-order chi connectivity index (χ0) is 19.1. The average molecular weight is 344 g/mol. The first kappa shape index (κ1) is 20.8. The first-order valence-electron chi connectivity index (χ1n) is 8.81. The third-order valence-corrected chi connectivity index (χ3v) is 4.01. The lowest BCUT2D eigenvalue weighted by Crippen LogP contribution is -1.96. The maximum absolute atomic E-state index is 14.1. The summed E-state index contributed by atoms with van der Waals surface area (Å²) in [4.78, 5) is 0. The zero-order valence-electron chi connectivity index (χ0n) is 16.6. The van der Waals surface area contributed by atoms with Crippen molar-refractivity contribution in [3.63, 3.8) is 0 Å². The fraction of sp³-hybridized carbons (Fsp3) is 0.364. The van der Waals surface area contributed by atoms with Gasteiger partial charge in [-0.2, -0.15) is 0 Å². The van der Waals surface area contributed by atoms with Crippen molar-refractivity contribution >= 4 is 21.5 Å². The highest BCUT2D eigenvalue weighted by molar-refractivity contribution is 6.07. The highest BCUT2D eigenvalue weighted by Crippen LogP contribution is 2.41. The van der Waals surface area contributed by atoms with Crippen LogP contribution in [0.25, 0.3) is 21.5 Å². The Hall–Kier alpha value is -2.29. The van der Waals surface area contributed by atoms with E-state index in [1.807, 2.05) is 59.7 Å². The average Bonchev–Trinajstić information content (AvgIpc) is 2.65. The molecule has 3 aromatic carbocycles. The standard InChI is InChI=1S/C18H17FO2.2C2H6/c1-10-8-16(20-3)17-11(2)12-6-5-7-15(19)13(12)9-14(17)18(10)21-4;2*1-2/h5-9H,1-4H3;2*1-2H3. The number of aryl methyl sites for hydroxylation is 2. The number of ether oxygens (including phenoxy) is 2. The van der Waals surface area contributed by atoms with Crippen molar-refractivity contribution in [2.24, 2.45) is 0 Å². The molecule has 0 N–H and O–H groups in total. The molecule has 0 aromatic heterocycles. The SMILES string of the molecule is CC.CC.COc1c(C)cc(OC)c2c(C)c3cccc(F)c3cc12. The first-order chi connectivity index (χ1) is 12.1. The maximum Gasteiger partial charge on any atom is 0.131 e. The van der Waals surface area contributed by atoms with E-state index in [2.05, 4.69) is 0 Å². The van der Waals surface area contributed by atoms with Gasteiger partial charge in [-0.15, -0.1) is 0 Å². The van der Waals surface area contributed by atoms with Gasteiger partial charge in [-0.3, -0.25) is 0 Å². The number of hydrogen-bond donors (Lipinski definition) is 0. The van der Waals surface area contributed by atoms with Crippen molar-refractivity contribution < 1.29 is 13.9 Å². The molecule has 0 heterocycles. The first-order valence-corrected chi connectivity index (χ1v) is 8.81. The number of methoxy groups -OCH3 is 2. The summed E-state index contributed by atoms with van der Waals surface area (Å²) in [5.74, 6) is 1.33. The highest BCUT2D eigenvalue weighted by atomic mass is 19.1. The molecule has 2 nitrogen and oxygen atoms in total. The quantitative estimate of drug-likeness (QED) is 0.475. The van der Waals surface area contributed by atoms with Gasteiger partial charge >= 0.3 is 0 Å². The van der Waals surface area contributed by atoms with Crippen LogP contribution in [0.15, 0.2) is 30.3 Å². The Labute approximate surface area is 150 Å². The summed E-state index contributed by atoms with van der Waals surface area (Å²) in [6.07, 6.45) is 0. The molecule has 3 aromatic rings. The van der Waals surface area contributed by atoms with Crippen LogP contribution in [0, 0.1) is 19.7 Å². The number of hydrogen-bond acceptors (Lipinski definition) is 2. The lowest BCUT2D eigenvalue weighted by Gasteiger charge is -2.16. The normalized spacial score (nSPS) is 9.80. The molecule has 136 valence electrons. The molecule has 0 saturated heterocycles. The Balaban J connectivity index is 0.000000730. The number of fused-ring (bicyclic) bond motifs is 2. The molecule has 3 rings (SSSR count). The van der Waals surface area contributed by atoms with Gasteiger partial charge in [-0.25, -0.2) is 4.39 Å². The van der Waals surface area contributed by atoms with Crippen molar-refractivity contribution in [3.8, 4) is 11.5 Å². The molecule has 3 heteroatoms. The molecule has 0 aliphatic carbocycles. The predicted molar refractivity (Wildman–Crippen MR) is 107 cm³/mol. The van der Waals surface area contributed by atoms with Gasteiger partial charge in [0.2, 0.25) is 0 Å². The fourth-order valence-electron chi connectivity index (χ4n) is 3.04. The molecule has 0 fully saturated rings. The molecule has 0 atom stereocenters. The minimum absolute atomic E-state index is 0.222. The van der Waals surface area contributed by atoms with E-state index in [-0.39, 0.29) is 5.82 Å². The van der Waals surface area contributed by atoms with Crippen molar-refractivity contribution in [3.05, 3.63) is 47.3 Å². The molecule has 0 aliphatic rings. The van der Waals surface area contributed by atoms with Crippen molar-refractivity contribution in [1.29, 1.82) is 0 Å². The molecule has 0 unspecified atom stereocenters. The van der Waals surface area contributed by atoms with Crippen molar-refractivity contribution in [1.82, 2.24) is 0 Å². The van der Waals surface area contributed by atoms with Gasteiger partial charge in [0.15, 0.2) is 0 Å². The summed E-state index contributed by atoms with van der Waals surface area (Å²) in [6.45, 7) is 11.9. The lowest BCUT2D eigenvalue weighted by atomic mass is 9.94. The van der Waals surface area contributed by atoms with E-state index < -0.39 is 0 Å². The van der Waals surface area contributed by atoms with Crippen LogP contribution < -0.4 is 9.47 Å². The van der Waals surface area contributed by atoms with Gasteiger partial charge in [0.25, 0.3) is 0 Å². The zero-order valence-corrected chi connectivity index (χ0v) is 16.6. The Kier molecular flexibility index (Phi) is 7.69. The van der Waals surface area contributed by atoms with Crippen LogP contribution in [0.2, 0.25) is 0 Å². The van der Waals surface area contributed by atoms with Crippen LogP contribution in [0.4, 0.5) is 4.39 Å². The molecular weight excluding hydrogens is 315 g/mol. The van der Waals surface area contributed by atoms with Gasteiger partial charge in [0.05, 0.1) is 14.2 Å². The van der Waals surface area contributed by atoms with E-state index in [9.17, 15) is 4.39 Å². The van der Waals surface area contributed by atoms with Crippen molar-refractivity contribution in [2.45, 2.75) is 41.5 Å². The van der Waals surface area contributed by atoms with Crippen LogP contribution >= 0.6 is 0 Å². The molecular formula is C22H29FO2. The van der Waals surface area contributed by atoms with Gasteiger partial charge in [0.1, 0.15) is 17.3 Å². The van der Waals surface area contributed by atoms with Crippen LogP contribution in [0.3, 0.4) is 0 Å². The monoisotopic (exact) mass is 344 g/mol. The Morgan fingerprint density at radius 1 is 0.800 bits per heavy atom. The molecule has 0 saturated carbocycles. The van der Waals surface area contributed by atoms with Crippen molar-refractivity contribution in [2.75, 3.05) is 14.2 Å². The Morgan fingerprint density at radius 3 is 2.00 bits per heavy atom. The third kappa shape index (κ3) is 3.71. The molecule has 0 amide bonds. The van der Waals surface area contributed by atoms with E-state index in [1.54, 1.807) is 20.3 Å². The molecule has 0 spiro atoms. The van der Waals surface area contributed by atoms with E-state index in [0.717, 1.165) is 38.8 Å². The summed E-state index contributed by atoms with van der Waals surface area (Å²) in [7, 11) is 3.28. The van der Waals surface area contributed by atoms with E-state index in [4.69, 9.17) is 9.47 Å². The second-order valence-corrected chi connectivity index (χ2v) is 5.19. The van der Waals surface area contributed by atoms with E-state index in [0.29, 0.717) is 5.39 Å². The second kappa shape index (κ2) is 9.26. The van der Waals surface area contributed by atoms with Gasteiger partial charge in [-0.1, -0.05) is 39.8 Å². The van der Waals surface area contributed by atoms with Crippen LogP contribution in [-0.4, -0.2) is 14.2 Å². The van der Waals surface area contributed by atoms with E-state index in [1.165, 1.54) is 6.07 Å².